The van der Waals surface area contributed by atoms with Gasteiger partial charge < -0.3 is 14.0 Å². The molecule has 26 heavy (non-hydrogen) atoms. The molecule has 0 aliphatic carbocycles. The van der Waals surface area contributed by atoms with Crippen LogP contribution >= 0.6 is 11.3 Å². The Bertz CT molecular complexity index is 733. The Morgan fingerprint density at radius 1 is 1.15 bits per heavy atom. The Labute approximate surface area is 159 Å². The number of aliphatic imine (C=N–C) groups is 1. The van der Waals surface area contributed by atoms with Crippen LogP contribution in [0, 0.1) is 6.92 Å². The molecular formula is C20H28N2O3S. The van der Waals surface area contributed by atoms with Gasteiger partial charge in [0.2, 0.25) is 5.90 Å². The number of unbranched alkanes of at least 4 members (excludes halogenated alkanes) is 4. The van der Waals surface area contributed by atoms with Crippen molar-refractivity contribution >= 4 is 17.2 Å². The fourth-order valence-electron chi connectivity index (χ4n) is 2.86. The molecule has 0 saturated carbocycles. The van der Waals surface area contributed by atoms with E-state index in [0.29, 0.717) is 6.61 Å². The molecular weight excluding hydrogens is 348 g/mol. The first-order chi connectivity index (χ1) is 12.5. The highest BCUT2D eigenvalue weighted by Gasteiger charge is 2.27. The first-order valence-electron chi connectivity index (χ1n) is 9.40. The lowest BCUT2D eigenvalue weighted by molar-refractivity contribution is 0.280. The van der Waals surface area contributed by atoms with E-state index < -0.39 is 0 Å². The van der Waals surface area contributed by atoms with E-state index in [0.717, 1.165) is 53.2 Å². The van der Waals surface area contributed by atoms with E-state index in [1.807, 2.05) is 25.1 Å². The number of ether oxygens (including phenoxy) is 2. The van der Waals surface area contributed by atoms with Gasteiger partial charge in [-0.3, -0.25) is 0 Å². The van der Waals surface area contributed by atoms with Crippen LogP contribution in [0.15, 0.2) is 27.7 Å². The van der Waals surface area contributed by atoms with E-state index in [1.54, 1.807) is 11.3 Å². The van der Waals surface area contributed by atoms with Crippen molar-refractivity contribution < 1.29 is 14.0 Å². The zero-order valence-electron chi connectivity index (χ0n) is 15.9. The quantitative estimate of drug-likeness (QED) is 0.537. The van der Waals surface area contributed by atoms with E-state index in [1.165, 1.54) is 19.3 Å². The molecule has 6 heteroatoms. The molecule has 5 nitrogen and oxygen atoms in total. The highest BCUT2D eigenvalue weighted by molar-refractivity contribution is 7.15. The number of aromatic nitrogens is 1. The summed E-state index contributed by atoms with van der Waals surface area (Å²) in [6.45, 7) is 7.53. The van der Waals surface area contributed by atoms with Crippen LogP contribution in [0.2, 0.25) is 0 Å². The van der Waals surface area contributed by atoms with Gasteiger partial charge in [0, 0.05) is 12.5 Å². The lowest BCUT2D eigenvalue weighted by atomic mass is 10.1. The summed E-state index contributed by atoms with van der Waals surface area (Å²) in [6.07, 6.45) is 6.86. The van der Waals surface area contributed by atoms with Gasteiger partial charge >= 0.3 is 0 Å². The van der Waals surface area contributed by atoms with Gasteiger partial charge in [0.25, 0.3) is 0 Å². The van der Waals surface area contributed by atoms with E-state index in [4.69, 9.17) is 14.0 Å². The first kappa shape index (κ1) is 19.0. The van der Waals surface area contributed by atoms with Gasteiger partial charge in [0.1, 0.15) is 12.4 Å². The van der Waals surface area contributed by atoms with Gasteiger partial charge in [0.05, 0.1) is 22.7 Å². The van der Waals surface area contributed by atoms with Gasteiger partial charge in [-0.25, -0.2) is 4.99 Å². The molecule has 0 aromatic carbocycles. The van der Waals surface area contributed by atoms with Crippen LogP contribution < -0.4 is 4.74 Å². The molecule has 0 unspecified atom stereocenters. The van der Waals surface area contributed by atoms with E-state index in [2.05, 4.69) is 24.0 Å². The molecule has 0 saturated heterocycles. The van der Waals surface area contributed by atoms with Crippen LogP contribution in [0.4, 0.5) is 0 Å². The summed E-state index contributed by atoms with van der Waals surface area (Å²) < 4.78 is 16.8. The van der Waals surface area contributed by atoms with Gasteiger partial charge in [-0.05, 0) is 45.7 Å². The average Bonchev–Trinajstić information content (AvgIpc) is 3.30. The minimum atomic E-state index is -0.118. The predicted molar refractivity (Wildman–Crippen MR) is 104 cm³/mol. The molecule has 0 radical (unpaired) electrons. The number of nitrogens with zero attached hydrogens (tertiary/aromatic N) is 2. The molecule has 1 aliphatic rings. The first-order valence-corrected chi connectivity index (χ1v) is 10.2. The molecule has 0 bridgehead atoms. The largest absolute Gasteiger partial charge is 0.484 e. The maximum absolute atomic E-state index is 5.86. The molecule has 0 fully saturated rings. The maximum Gasteiger partial charge on any atom is 0.227 e. The van der Waals surface area contributed by atoms with Crippen molar-refractivity contribution in [2.75, 3.05) is 13.2 Å². The predicted octanol–water partition coefficient (Wildman–Crippen LogP) is 5.17. The van der Waals surface area contributed by atoms with Crippen molar-refractivity contribution in [3.05, 3.63) is 34.5 Å². The lowest BCUT2D eigenvalue weighted by Gasteiger charge is -2.07. The Balaban J connectivity index is 1.26. The standard InChI is InChI=1S/C20H28N2O3S/c1-15-13-16(25-22-15)9-7-5-4-6-8-12-23-18-11-10-17(26-18)19-21-20(2,3)14-24-19/h10-11,13H,4-9,12,14H2,1-3H3. The van der Waals surface area contributed by atoms with Crippen LogP contribution in [-0.4, -0.2) is 29.8 Å². The van der Waals surface area contributed by atoms with E-state index in [9.17, 15) is 0 Å². The van der Waals surface area contributed by atoms with Gasteiger partial charge in [-0.1, -0.05) is 35.8 Å². The number of hydrogen-bond acceptors (Lipinski definition) is 6. The minimum absolute atomic E-state index is 0.118. The van der Waals surface area contributed by atoms with E-state index >= 15 is 0 Å². The highest BCUT2D eigenvalue weighted by atomic mass is 32.1. The molecule has 2 aromatic rings. The summed E-state index contributed by atoms with van der Waals surface area (Å²) in [5, 5.41) is 4.85. The summed E-state index contributed by atoms with van der Waals surface area (Å²) in [4.78, 5) is 5.65. The Morgan fingerprint density at radius 2 is 1.96 bits per heavy atom. The Morgan fingerprint density at radius 3 is 2.69 bits per heavy atom. The number of aryl methyl sites for hydroxylation is 2. The summed E-state index contributed by atoms with van der Waals surface area (Å²) in [7, 11) is 0. The maximum atomic E-state index is 5.86. The van der Waals surface area contributed by atoms with E-state index in [-0.39, 0.29) is 5.54 Å². The lowest BCUT2D eigenvalue weighted by Crippen LogP contribution is -2.17. The molecule has 0 atom stereocenters. The van der Waals surface area contributed by atoms with Crippen LogP contribution in [0.25, 0.3) is 0 Å². The molecule has 3 heterocycles. The Kier molecular flexibility index (Phi) is 6.35. The fraction of sp³-hybridized carbons (Fsp3) is 0.600. The van der Waals surface area contributed by atoms with Crippen molar-refractivity contribution in [3.63, 3.8) is 0 Å². The number of thiophene rings is 1. The zero-order valence-corrected chi connectivity index (χ0v) is 16.7. The molecule has 2 aromatic heterocycles. The second-order valence-electron chi connectivity index (χ2n) is 7.44. The SMILES string of the molecule is Cc1cc(CCCCCCCOc2ccc(C3=NC(C)(C)CO3)s2)on1. The van der Waals surface area contributed by atoms with Crippen LogP contribution in [0.3, 0.4) is 0 Å². The third kappa shape index (κ3) is 5.59. The molecule has 3 rings (SSSR count). The number of hydrogen-bond donors (Lipinski definition) is 0. The zero-order chi connectivity index (χ0) is 18.4. The van der Waals surface area contributed by atoms with Crippen LogP contribution in [-0.2, 0) is 11.2 Å². The molecule has 1 aliphatic heterocycles. The summed E-state index contributed by atoms with van der Waals surface area (Å²) >= 11 is 1.61. The third-order valence-corrected chi connectivity index (χ3v) is 5.23. The monoisotopic (exact) mass is 376 g/mol. The molecule has 0 amide bonds. The second kappa shape index (κ2) is 8.71. The van der Waals surface area contributed by atoms with Gasteiger partial charge in [-0.2, -0.15) is 0 Å². The van der Waals surface area contributed by atoms with Crippen molar-refractivity contribution in [1.29, 1.82) is 0 Å². The van der Waals surface area contributed by atoms with Crippen molar-refractivity contribution in [1.82, 2.24) is 5.16 Å². The van der Waals surface area contributed by atoms with Crippen LogP contribution in [0.5, 0.6) is 5.06 Å². The van der Waals surface area contributed by atoms with Gasteiger partial charge in [-0.15, -0.1) is 0 Å². The molecule has 142 valence electrons. The van der Waals surface area contributed by atoms with Crippen molar-refractivity contribution in [2.45, 2.75) is 64.8 Å². The Hall–Kier alpha value is -1.82. The van der Waals surface area contributed by atoms with Crippen LogP contribution in [0.1, 0.15) is 62.3 Å². The summed E-state index contributed by atoms with van der Waals surface area (Å²) in [6, 6.07) is 6.06. The average molecular weight is 377 g/mol. The smallest absolute Gasteiger partial charge is 0.227 e. The second-order valence-corrected chi connectivity index (χ2v) is 8.48. The fourth-order valence-corrected chi connectivity index (χ4v) is 3.68. The van der Waals surface area contributed by atoms with Crippen molar-refractivity contribution in [2.24, 2.45) is 4.99 Å². The topological polar surface area (TPSA) is 56.9 Å². The molecule has 0 spiro atoms. The van der Waals surface area contributed by atoms with Crippen molar-refractivity contribution in [3.8, 4) is 5.06 Å². The summed E-state index contributed by atoms with van der Waals surface area (Å²) in [5.74, 6) is 1.75. The third-order valence-electron chi connectivity index (χ3n) is 4.25. The molecule has 0 N–H and O–H groups in total. The van der Waals surface area contributed by atoms with Gasteiger partial charge in [0.15, 0.2) is 5.06 Å². The summed E-state index contributed by atoms with van der Waals surface area (Å²) in [5.41, 5.74) is 0.844. The normalized spacial score (nSPS) is 15.7. The highest BCUT2D eigenvalue weighted by Crippen LogP contribution is 2.29. The number of rotatable bonds is 10. The minimum Gasteiger partial charge on any atom is -0.484 e.